The lowest BCUT2D eigenvalue weighted by atomic mass is 9.84. The van der Waals surface area contributed by atoms with Crippen molar-refractivity contribution in [2.24, 2.45) is 5.73 Å². The minimum Gasteiger partial charge on any atom is -0.494 e. The second-order valence-corrected chi connectivity index (χ2v) is 5.18. The van der Waals surface area contributed by atoms with Gasteiger partial charge in [0.2, 0.25) is 0 Å². The summed E-state index contributed by atoms with van der Waals surface area (Å²) in [4.78, 5) is 0. The summed E-state index contributed by atoms with van der Waals surface area (Å²) >= 11 is 0. The van der Waals surface area contributed by atoms with Crippen molar-refractivity contribution in [2.75, 3.05) is 6.61 Å². The minimum absolute atomic E-state index is 0.558. The van der Waals surface area contributed by atoms with Crippen LogP contribution in [-0.4, -0.2) is 6.61 Å². The summed E-state index contributed by atoms with van der Waals surface area (Å²) in [6, 6.07) is 16.5. The van der Waals surface area contributed by atoms with E-state index in [2.05, 4.69) is 31.2 Å². The van der Waals surface area contributed by atoms with E-state index in [0.29, 0.717) is 6.61 Å². The van der Waals surface area contributed by atoms with Crippen LogP contribution in [0.4, 0.5) is 0 Å². The topological polar surface area (TPSA) is 35.2 Å². The minimum atomic E-state index is -0.558. The van der Waals surface area contributed by atoms with Crippen molar-refractivity contribution in [1.29, 1.82) is 0 Å². The second kappa shape index (κ2) is 6.10. The fourth-order valence-electron chi connectivity index (χ4n) is 2.42. The van der Waals surface area contributed by atoms with Crippen LogP contribution in [0.25, 0.3) is 0 Å². The van der Waals surface area contributed by atoms with Gasteiger partial charge in [0.05, 0.1) is 12.1 Å². The zero-order valence-electron chi connectivity index (χ0n) is 12.5. The van der Waals surface area contributed by atoms with Crippen LogP contribution in [0.3, 0.4) is 0 Å². The van der Waals surface area contributed by atoms with Crippen molar-refractivity contribution >= 4 is 0 Å². The highest BCUT2D eigenvalue weighted by molar-refractivity contribution is 5.45. The zero-order chi connectivity index (χ0) is 14.6. The van der Waals surface area contributed by atoms with Gasteiger partial charge in [0.25, 0.3) is 0 Å². The summed E-state index contributed by atoms with van der Waals surface area (Å²) in [5.74, 6) is 0.861. The average molecular weight is 269 g/mol. The van der Waals surface area contributed by atoms with Gasteiger partial charge in [-0.05, 0) is 37.5 Å². The molecule has 0 aliphatic carbocycles. The quantitative estimate of drug-likeness (QED) is 0.894. The maximum atomic E-state index is 6.60. The molecule has 20 heavy (non-hydrogen) atoms. The maximum Gasteiger partial charge on any atom is 0.124 e. The van der Waals surface area contributed by atoms with Gasteiger partial charge in [-0.2, -0.15) is 0 Å². The Hall–Kier alpha value is -1.80. The van der Waals surface area contributed by atoms with Gasteiger partial charge in [-0.3, -0.25) is 0 Å². The summed E-state index contributed by atoms with van der Waals surface area (Å²) in [5.41, 5.74) is 9.48. The molecule has 0 fully saturated rings. The number of rotatable bonds is 5. The van der Waals surface area contributed by atoms with Gasteiger partial charge < -0.3 is 10.5 Å². The molecular weight excluding hydrogens is 246 g/mol. The number of para-hydroxylation sites is 1. The van der Waals surface area contributed by atoms with E-state index in [-0.39, 0.29) is 0 Å². The van der Waals surface area contributed by atoms with Gasteiger partial charge in [0.15, 0.2) is 0 Å². The summed E-state index contributed by atoms with van der Waals surface area (Å²) in [7, 11) is 0. The predicted octanol–water partition coefficient (Wildman–Crippen LogP) is 3.87. The third kappa shape index (κ3) is 2.86. The van der Waals surface area contributed by atoms with Crippen LogP contribution in [0.1, 0.15) is 37.5 Å². The number of hydrogen-bond acceptors (Lipinski definition) is 2. The SMILES string of the molecule is CCOc1ccccc1C(C)(N)c1ccc(CC)cc1. The van der Waals surface area contributed by atoms with E-state index in [1.165, 1.54) is 5.56 Å². The lowest BCUT2D eigenvalue weighted by Gasteiger charge is -2.28. The molecule has 106 valence electrons. The Balaban J connectivity index is 2.42. The van der Waals surface area contributed by atoms with Crippen LogP contribution in [0.15, 0.2) is 48.5 Å². The molecule has 2 aromatic rings. The summed E-state index contributed by atoms with van der Waals surface area (Å²) in [5, 5.41) is 0. The highest BCUT2D eigenvalue weighted by atomic mass is 16.5. The van der Waals surface area contributed by atoms with Crippen LogP contribution in [0, 0.1) is 0 Å². The Bertz CT molecular complexity index is 558. The van der Waals surface area contributed by atoms with Gasteiger partial charge in [-0.1, -0.05) is 49.4 Å². The molecule has 0 aliphatic heterocycles. The highest BCUT2D eigenvalue weighted by Crippen LogP contribution is 2.33. The Morgan fingerprint density at radius 3 is 2.25 bits per heavy atom. The van der Waals surface area contributed by atoms with E-state index >= 15 is 0 Å². The van der Waals surface area contributed by atoms with Gasteiger partial charge in [0, 0.05) is 5.56 Å². The molecule has 1 atom stereocenters. The molecule has 0 heterocycles. The molecule has 0 saturated heterocycles. The fourth-order valence-corrected chi connectivity index (χ4v) is 2.42. The van der Waals surface area contributed by atoms with E-state index in [0.717, 1.165) is 23.3 Å². The first-order chi connectivity index (χ1) is 9.59. The van der Waals surface area contributed by atoms with E-state index in [4.69, 9.17) is 10.5 Å². The molecule has 2 nitrogen and oxygen atoms in total. The summed E-state index contributed by atoms with van der Waals surface area (Å²) < 4.78 is 5.71. The normalized spacial score (nSPS) is 13.8. The number of ether oxygens (including phenoxy) is 1. The monoisotopic (exact) mass is 269 g/mol. The Morgan fingerprint density at radius 2 is 1.65 bits per heavy atom. The second-order valence-electron chi connectivity index (χ2n) is 5.18. The molecule has 0 amide bonds. The van der Waals surface area contributed by atoms with E-state index in [9.17, 15) is 0 Å². The summed E-state index contributed by atoms with van der Waals surface area (Å²) in [6.45, 7) is 6.81. The number of aryl methyl sites for hydroxylation is 1. The third-order valence-electron chi connectivity index (χ3n) is 3.71. The van der Waals surface area contributed by atoms with Crippen LogP contribution in [0.5, 0.6) is 5.75 Å². The Morgan fingerprint density at radius 1 is 1.00 bits per heavy atom. The molecule has 2 N–H and O–H groups in total. The molecule has 2 heteroatoms. The molecule has 2 rings (SSSR count). The molecule has 0 saturated carbocycles. The van der Waals surface area contributed by atoms with Crippen molar-refractivity contribution in [1.82, 2.24) is 0 Å². The fraction of sp³-hybridized carbons (Fsp3) is 0.333. The average Bonchev–Trinajstić information content (AvgIpc) is 2.48. The molecular formula is C18H23NO. The van der Waals surface area contributed by atoms with Crippen molar-refractivity contribution in [3.05, 3.63) is 65.2 Å². The van der Waals surface area contributed by atoms with Crippen molar-refractivity contribution in [2.45, 2.75) is 32.7 Å². The van der Waals surface area contributed by atoms with E-state index in [1.54, 1.807) is 0 Å². The zero-order valence-corrected chi connectivity index (χ0v) is 12.5. The van der Waals surface area contributed by atoms with E-state index < -0.39 is 5.54 Å². The van der Waals surface area contributed by atoms with Crippen molar-refractivity contribution < 1.29 is 4.74 Å². The first kappa shape index (κ1) is 14.6. The van der Waals surface area contributed by atoms with E-state index in [1.807, 2.05) is 38.1 Å². The molecule has 0 radical (unpaired) electrons. The number of benzene rings is 2. The number of nitrogens with two attached hydrogens (primary N) is 1. The largest absolute Gasteiger partial charge is 0.494 e. The molecule has 0 spiro atoms. The first-order valence-corrected chi connectivity index (χ1v) is 7.20. The standard InChI is InChI=1S/C18H23NO/c1-4-14-10-12-15(13-11-14)18(3,19)16-8-6-7-9-17(16)20-5-2/h6-13H,4-5,19H2,1-3H3. The maximum absolute atomic E-state index is 6.60. The summed E-state index contributed by atoms with van der Waals surface area (Å²) in [6.07, 6.45) is 1.04. The van der Waals surface area contributed by atoms with Crippen LogP contribution >= 0.6 is 0 Å². The Kier molecular flexibility index (Phi) is 4.46. The molecule has 0 aromatic heterocycles. The third-order valence-corrected chi connectivity index (χ3v) is 3.71. The van der Waals surface area contributed by atoms with Gasteiger partial charge >= 0.3 is 0 Å². The van der Waals surface area contributed by atoms with Gasteiger partial charge in [-0.25, -0.2) is 0 Å². The Labute approximate surface area is 121 Å². The smallest absolute Gasteiger partial charge is 0.124 e. The predicted molar refractivity (Wildman–Crippen MR) is 84.1 cm³/mol. The molecule has 1 unspecified atom stereocenters. The van der Waals surface area contributed by atoms with Gasteiger partial charge in [0.1, 0.15) is 5.75 Å². The van der Waals surface area contributed by atoms with Crippen LogP contribution < -0.4 is 10.5 Å². The molecule has 2 aromatic carbocycles. The van der Waals surface area contributed by atoms with Crippen molar-refractivity contribution in [3.63, 3.8) is 0 Å². The lowest BCUT2D eigenvalue weighted by molar-refractivity contribution is 0.330. The van der Waals surface area contributed by atoms with Crippen molar-refractivity contribution in [3.8, 4) is 5.75 Å². The first-order valence-electron chi connectivity index (χ1n) is 7.20. The van der Waals surface area contributed by atoms with Crippen LogP contribution in [-0.2, 0) is 12.0 Å². The molecule has 0 aliphatic rings. The van der Waals surface area contributed by atoms with Crippen LogP contribution in [0.2, 0.25) is 0 Å². The number of hydrogen-bond donors (Lipinski definition) is 1. The lowest BCUT2D eigenvalue weighted by Crippen LogP contribution is -2.34. The molecule has 0 bridgehead atoms. The highest BCUT2D eigenvalue weighted by Gasteiger charge is 2.26. The van der Waals surface area contributed by atoms with Gasteiger partial charge in [-0.15, -0.1) is 0 Å².